The summed E-state index contributed by atoms with van der Waals surface area (Å²) in [6, 6.07) is -2.35. The summed E-state index contributed by atoms with van der Waals surface area (Å²) in [7, 11) is -2.24. The average Bonchev–Trinajstić information content (AvgIpc) is 3.45. The highest BCUT2D eigenvalue weighted by Crippen LogP contribution is 2.50. The monoisotopic (exact) mass is 735 g/mol. The highest BCUT2D eigenvalue weighted by Gasteiger charge is 2.53. The smallest absolute Gasteiger partial charge is 0.248 e. The third kappa shape index (κ3) is 9.05. The highest BCUT2D eigenvalue weighted by atomic mass is 32.2. The molecule has 0 radical (unpaired) electrons. The Bertz CT molecular complexity index is 1400. The number of nitrogens with zero attached hydrogens (tertiary/aromatic N) is 1. The van der Waals surface area contributed by atoms with Gasteiger partial charge in [0.2, 0.25) is 17.7 Å². The molecule has 3 amide bonds. The van der Waals surface area contributed by atoms with E-state index in [1.165, 1.54) is 12.8 Å². The van der Waals surface area contributed by atoms with Gasteiger partial charge in [0.25, 0.3) is 0 Å². The van der Waals surface area contributed by atoms with Gasteiger partial charge in [-0.2, -0.15) is 0 Å². The van der Waals surface area contributed by atoms with Crippen LogP contribution in [0.2, 0.25) is 0 Å². The molecular weight excluding hydrogens is 679 g/mol. The van der Waals surface area contributed by atoms with Gasteiger partial charge in [0.1, 0.15) is 18.2 Å². The van der Waals surface area contributed by atoms with Crippen molar-refractivity contribution in [2.75, 3.05) is 30.3 Å². The largest absolute Gasteiger partial charge is 0.386 e. The van der Waals surface area contributed by atoms with Crippen molar-refractivity contribution in [3.8, 4) is 0 Å². The lowest BCUT2D eigenvalue weighted by Gasteiger charge is -2.44. The molecule has 5 fully saturated rings. The van der Waals surface area contributed by atoms with E-state index in [4.69, 9.17) is 0 Å². The zero-order valence-corrected chi connectivity index (χ0v) is 31.8. The van der Waals surface area contributed by atoms with Crippen molar-refractivity contribution in [1.82, 2.24) is 26.2 Å². The van der Waals surface area contributed by atoms with Gasteiger partial charge in [0, 0.05) is 30.8 Å². The number of thioether (sulfide) groups is 2. The van der Waals surface area contributed by atoms with Crippen molar-refractivity contribution in [1.29, 1.82) is 0 Å². The Kier molecular flexibility index (Phi) is 12.5. The topological polar surface area (TPSA) is 140 Å². The summed E-state index contributed by atoms with van der Waals surface area (Å²) in [5.74, 6) is 7.30. The molecule has 274 valence electrons. The predicted octanol–water partition coefficient (Wildman–Crippen LogP) is 3.28. The van der Waals surface area contributed by atoms with E-state index in [1.54, 1.807) is 47.5 Å². The fourth-order valence-electron chi connectivity index (χ4n) is 7.74. The Morgan fingerprint density at radius 2 is 1.82 bits per heavy atom. The Balaban J connectivity index is 0.00000109. The lowest BCUT2D eigenvalue weighted by Crippen LogP contribution is -2.59. The number of amides is 3. The number of rotatable bonds is 10. The molecule has 2 aliphatic carbocycles. The summed E-state index contributed by atoms with van der Waals surface area (Å²) in [6.45, 7) is 12.1. The SMILES string of the molecule is C=CCNC(=O)C(=C)C(C)NC(=O)C1CC2(CN1C(=O)C1NC(NC3(C4CCCS4(=C)=O)CCCCC3)=CC1O)SCCCS2.CC1CC1. The normalized spacial score (nSPS) is 32.1. The molecule has 0 bridgehead atoms. The van der Waals surface area contributed by atoms with E-state index in [2.05, 4.69) is 47.2 Å². The maximum atomic E-state index is 14.2. The molecular formula is C36H57N5O5S3. The molecule has 1 spiro atoms. The second-order valence-corrected chi connectivity index (χ2v) is 20.8. The molecule has 4 aliphatic heterocycles. The maximum absolute atomic E-state index is 14.2. The molecule has 6 aliphatic rings. The summed E-state index contributed by atoms with van der Waals surface area (Å²) in [4.78, 5) is 42.0. The van der Waals surface area contributed by atoms with Crippen LogP contribution in [-0.4, -0.2) is 107 Å². The van der Waals surface area contributed by atoms with E-state index >= 15 is 0 Å². The molecule has 2 saturated carbocycles. The van der Waals surface area contributed by atoms with Gasteiger partial charge < -0.3 is 31.3 Å². The van der Waals surface area contributed by atoms with Crippen LogP contribution in [0.5, 0.6) is 0 Å². The molecule has 10 nitrogen and oxygen atoms in total. The van der Waals surface area contributed by atoms with Gasteiger partial charge in [0.05, 0.1) is 26.7 Å². The Morgan fingerprint density at radius 3 is 2.41 bits per heavy atom. The minimum Gasteiger partial charge on any atom is -0.386 e. The first-order valence-corrected chi connectivity index (χ1v) is 22.0. The van der Waals surface area contributed by atoms with Gasteiger partial charge in [-0.1, -0.05) is 51.7 Å². The van der Waals surface area contributed by atoms with Crippen LogP contribution in [-0.2, 0) is 23.9 Å². The Morgan fingerprint density at radius 1 is 1.14 bits per heavy atom. The minimum absolute atomic E-state index is 0.0534. The van der Waals surface area contributed by atoms with E-state index < -0.39 is 39.3 Å². The van der Waals surface area contributed by atoms with Crippen molar-refractivity contribution < 1.29 is 23.7 Å². The average molecular weight is 736 g/mol. The molecule has 6 unspecified atom stereocenters. The molecule has 0 aromatic rings. The maximum Gasteiger partial charge on any atom is 0.248 e. The van der Waals surface area contributed by atoms with Crippen LogP contribution in [0.15, 0.2) is 36.7 Å². The van der Waals surface area contributed by atoms with E-state index in [1.807, 2.05) is 0 Å². The first-order valence-electron chi connectivity index (χ1n) is 18.0. The molecule has 0 aromatic carbocycles. The number of carbonyl (C=O) groups excluding carboxylic acids is 3. The molecule has 0 aromatic heterocycles. The van der Waals surface area contributed by atoms with Crippen LogP contribution in [0.3, 0.4) is 0 Å². The second kappa shape index (κ2) is 16.1. The molecule has 49 heavy (non-hydrogen) atoms. The molecule has 5 N–H and O–H groups in total. The molecule has 6 rings (SSSR count). The fourth-order valence-corrected chi connectivity index (χ4v) is 13.7. The fraction of sp³-hybridized carbons (Fsp3) is 0.722. The van der Waals surface area contributed by atoms with E-state index in [0.29, 0.717) is 24.5 Å². The van der Waals surface area contributed by atoms with E-state index in [9.17, 15) is 23.7 Å². The third-order valence-electron chi connectivity index (χ3n) is 10.8. The molecule has 6 atom stereocenters. The summed E-state index contributed by atoms with van der Waals surface area (Å²) in [5.41, 5.74) is -0.175. The van der Waals surface area contributed by atoms with Gasteiger partial charge >= 0.3 is 0 Å². The molecule has 13 heteroatoms. The van der Waals surface area contributed by atoms with Gasteiger partial charge in [-0.25, -0.2) is 0 Å². The minimum atomic E-state index is -2.24. The highest BCUT2D eigenvalue weighted by molar-refractivity contribution is 8.18. The van der Waals surface area contributed by atoms with Crippen molar-refractivity contribution >= 4 is 56.6 Å². The number of hydrogen-bond donors (Lipinski definition) is 5. The van der Waals surface area contributed by atoms with Crippen LogP contribution in [0.4, 0.5) is 0 Å². The zero-order valence-electron chi connectivity index (χ0n) is 29.3. The lowest BCUT2D eigenvalue weighted by atomic mass is 9.78. The van der Waals surface area contributed by atoms with Gasteiger partial charge in [-0.15, -0.1) is 30.1 Å². The number of hydrogen-bond acceptors (Lipinski definition) is 9. The summed E-state index contributed by atoms with van der Waals surface area (Å²) in [5, 5.41) is 23.6. The Labute approximate surface area is 301 Å². The summed E-state index contributed by atoms with van der Waals surface area (Å²) >= 11 is 3.58. The summed E-state index contributed by atoms with van der Waals surface area (Å²) < 4.78 is 13.2. The number of likely N-dealkylation sites (tertiary alicyclic amines) is 1. The number of carbonyl (C=O) groups is 3. The van der Waals surface area contributed by atoms with Crippen LogP contribution >= 0.6 is 23.5 Å². The van der Waals surface area contributed by atoms with Crippen molar-refractivity contribution in [2.24, 2.45) is 5.92 Å². The number of aliphatic hydroxyl groups is 1. The first kappa shape index (κ1) is 38.1. The number of aliphatic hydroxyl groups excluding tert-OH is 1. The zero-order chi connectivity index (χ0) is 35.4. The lowest BCUT2D eigenvalue weighted by molar-refractivity contribution is -0.141. The second-order valence-electron chi connectivity index (χ2n) is 14.8. The standard InChI is InChI=1S/C32H49N5O5S3.C4H8/c1-5-14-33-28(39)21(2)22(3)34-29(40)23-19-32(43-15-10-16-44-32)20-37(23)30(41)27-24(38)18-26(35-27)36-31(12-7-6-8-13-31)25-11-9-17-45(25,4)42;1-4-2-3-4/h5,18,22-25,27,35-36,38H,1-2,4,6-17,19-20H2,3H3,(H,33,39)(H,34,40);4H,2-3H2,1H3. The predicted molar refractivity (Wildman–Crippen MR) is 204 cm³/mol. The first-order chi connectivity index (χ1) is 23.3. The van der Waals surface area contributed by atoms with Crippen LogP contribution in [0.1, 0.15) is 84.5 Å². The van der Waals surface area contributed by atoms with Crippen LogP contribution in [0, 0.1) is 5.92 Å². The third-order valence-corrected chi connectivity index (χ3v) is 16.9. The van der Waals surface area contributed by atoms with Gasteiger partial charge in [0.15, 0.2) is 0 Å². The Hall–Kier alpha value is -2.09. The van der Waals surface area contributed by atoms with Gasteiger partial charge in [-0.05, 0) is 77.9 Å². The van der Waals surface area contributed by atoms with Gasteiger partial charge in [-0.3, -0.25) is 18.6 Å². The van der Waals surface area contributed by atoms with Crippen LogP contribution in [0.25, 0.3) is 0 Å². The van der Waals surface area contributed by atoms with Crippen LogP contribution < -0.4 is 21.3 Å². The number of nitrogens with one attached hydrogen (secondary N) is 4. The molecule has 4 heterocycles. The van der Waals surface area contributed by atoms with Crippen molar-refractivity contribution in [3.63, 3.8) is 0 Å². The van der Waals surface area contributed by atoms with Crippen molar-refractivity contribution in [2.45, 2.75) is 124 Å². The molecule has 3 saturated heterocycles. The van der Waals surface area contributed by atoms with E-state index in [-0.39, 0.29) is 39.2 Å². The summed E-state index contributed by atoms with van der Waals surface area (Å²) in [6.07, 6.45) is 13.3. The quantitative estimate of drug-likeness (QED) is 0.130. The van der Waals surface area contributed by atoms with Crippen molar-refractivity contribution in [3.05, 3.63) is 36.7 Å². The van der Waals surface area contributed by atoms with E-state index in [0.717, 1.165) is 68.8 Å².